The third-order valence-electron chi connectivity index (χ3n) is 10.6. The second-order valence-electron chi connectivity index (χ2n) is 13.8. The van der Waals surface area contributed by atoms with Crippen molar-refractivity contribution >= 4 is 86.2 Å². The zero-order valence-electron chi connectivity index (χ0n) is 29.0. The lowest BCUT2D eigenvalue weighted by Gasteiger charge is -2.10. The molecule has 0 atom stereocenters. The molecule has 12 rings (SSSR count). The van der Waals surface area contributed by atoms with E-state index in [1.807, 2.05) is 67.0 Å². The Balaban J connectivity index is 1.10. The maximum atomic E-state index is 6.79. The quantitative estimate of drug-likeness (QED) is 0.180. The number of hydrogen-bond donors (Lipinski definition) is 0. The zero-order chi connectivity index (χ0) is 36.0. The minimum atomic E-state index is 0.565. The largest absolute Gasteiger partial charge is 0.456 e. The van der Waals surface area contributed by atoms with Crippen molar-refractivity contribution in [3.05, 3.63) is 158 Å². The summed E-state index contributed by atoms with van der Waals surface area (Å²) in [6, 6.07) is 49.9. The van der Waals surface area contributed by atoms with Crippen molar-refractivity contribution in [1.29, 1.82) is 0 Å². The first-order valence-corrected chi connectivity index (χ1v) is 18.9. The molecule has 5 aromatic heterocycles. The number of thiophene rings is 1. The molecule has 7 aromatic carbocycles. The first-order chi connectivity index (χ1) is 27.2. The molecule has 0 aliphatic rings. The lowest BCUT2D eigenvalue weighted by atomic mass is 9.97. The normalized spacial score (nSPS) is 12.0. The average molecular weight is 723 g/mol. The summed E-state index contributed by atoms with van der Waals surface area (Å²) in [6.07, 6.45) is 3.77. The summed E-state index contributed by atoms with van der Waals surface area (Å²) in [5, 5.41) is 8.59. The molecule has 0 N–H and O–H groups in total. The van der Waals surface area contributed by atoms with Crippen LogP contribution in [-0.2, 0) is 0 Å². The minimum absolute atomic E-state index is 0.565. The number of benzene rings is 7. The van der Waals surface area contributed by atoms with Gasteiger partial charge in [0.15, 0.2) is 17.5 Å². The van der Waals surface area contributed by atoms with Crippen LogP contribution in [0.2, 0.25) is 0 Å². The van der Waals surface area contributed by atoms with E-state index in [1.54, 1.807) is 11.3 Å². The van der Waals surface area contributed by atoms with Gasteiger partial charge in [-0.1, -0.05) is 109 Å². The molecular weight excluding hydrogens is 697 g/mol. The van der Waals surface area contributed by atoms with Crippen LogP contribution in [0.15, 0.2) is 167 Å². The second-order valence-corrected chi connectivity index (χ2v) is 14.8. The summed E-state index contributed by atoms with van der Waals surface area (Å²) in [4.78, 5) is 20.3. The number of fused-ring (bicyclic) bond motifs is 10. The van der Waals surface area contributed by atoms with Gasteiger partial charge in [0.05, 0.1) is 0 Å². The third kappa shape index (κ3) is 4.60. The van der Waals surface area contributed by atoms with E-state index >= 15 is 0 Å². The van der Waals surface area contributed by atoms with Crippen molar-refractivity contribution in [2.24, 2.45) is 0 Å². The molecule has 0 bridgehead atoms. The molecule has 256 valence electrons. The molecule has 0 saturated carbocycles. The van der Waals surface area contributed by atoms with Crippen molar-refractivity contribution in [3.8, 4) is 45.3 Å². The molecule has 0 saturated heterocycles. The van der Waals surface area contributed by atoms with E-state index in [0.717, 1.165) is 87.2 Å². The predicted octanol–water partition coefficient (Wildman–Crippen LogP) is 13.3. The topological polar surface area (TPSA) is 77.8 Å². The summed E-state index contributed by atoms with van der Waals surface area (Å²) in [6.45, 7) is 0. The molecule has 12 aromatic rings. The van der Waals surface area contributed by atoms with E-state index in [-0.39, 0.29) is 0 Å². The van der Waals surface area contributed by atoms with Crippen LogP contribution in [0.4, 0.5) is 0 Å². The van der Waals surface area contributed by atoms with Gasteiger partial charge in [0, 0.05) is 76.4 Å². The Hall–Kier alpha value is -7.22. The van der Waals surface area contributed by atoms with Gasteiger partial charge in [-0.3, -0.25) is 4.98 Å². The maximum Gasteiger partial charge on any atom is 0.165 e. The first kappa shape index (κ1) is 30.3. The van der Waals surface area contributed by atoms with Crippen molar-refractivity contribution in [2.45, 2.75) is 0 Å². The highest BCUT2D eigenvalue weighted by Gasteiger charge is 2.23. The fraction of sp³-hybridized carbons (Fsp3) is 0. The molecule has 0 aliphatic carbocycles. The number of rotatable bonds is 4. The van der Waals surface area contributed by atoms with Gasteiger partial charge in [-0.25, -0.2) is 15.0 Å². The summed E-state index contributed by atoms with van der Waals surface area (Å²) in [5.41, 5.74) is 7.75. The highest BCUT2D eigenvalue weighted by Crippen LogP contribution is 2.44. The maximum absolute atomic E-state index is 6.79. The smallest absolute Gasteiger partial charge is 0.165 e. The molecule has 6 nitrogen and oxygen atoms in total. The van der Waals surface area contributed by atoms with Crippen LogP contribution in [-0.4, -0.2) is 19.9 Å². The summed E-state index contributed by atoms with van der Waals surface area (Å²) >= 11 is 1.76. The van der Waals surface area contributed by atoms with Gasteiger partial charge in [0.25, 0.3) is 0 Å². The standard InChI is InChI=1S/C48H26N4O2S/c1-2-11-27(12-3-1)46-50-47(52-48(51-46)34-19-8-17-32-30-15-6-7-22-41(30)55-45(32)34)33-18-10-21-39-43(33)37-26-49-25-36(44(37)54-39)31-16-9-20-38-42(31)35-23-28-13-4-5-14-29(28)24-40(35)53-38/h1-26H. The second kappa shape index (κ2) is 11.6. The van der Waals surface area contributed by atoms with Crippen molar-refractivity contribution in [2.75, 3.05) is 0 Å². The number of pyridine rings is 1. The molecule has 0 fully saturated rings. The lowest BCUT2D eigenvalue weighted by Crippen LogP contribution is -2.00. The highest BCUT2D eigenvalue weighted by atomic mass is 32.1. The zero-order valence-corrected chi connectivity index (χ0v) is 29.8. The average Bonchev–Trinajstić information content (AvgIpc) is 3.94. The SMILES string of the molecule is c1ccc(-c2nc(-c3cccc4c3sc3ccccc34)nc(-c3cccc4oc5c(-c6cccc7oc8cc9ccccc9cc8c67)cncc5c34)n2)cc1. The van der Waals surface area contributed by atoms with Crippen LogP contribution in [0.25, 0.3) is 120 Å². The number of aromatic nitrogens is 4. The van der Waals surface area contributed by atoms with Crippen LogP contribution in [0.1, 0.15) is 0 Å². The minimum Gasteiger partial charge on any atom is -0.456 e. The fourth-order valence-corrected chi connectivity index (χ4v) is 9.32. The Morgan fingerprint density at radius 2 is 1.07 bits per heavy atom. The highest BCUT2D eigenvalue weighted by molar-refractivity contribution is 7.26. The lowest BCUT2D eigenvalue weighted by molar-refractivity contribution is 0.669. The van der Waals surface area contributed by atoms with Crippen molar-refractivity contribution < 1.29 is 8.83 Å². The van der Waals surface area contributed by atoms with Crippen LogP contribution < -0.4 is 0 Å². The Bertz CT molecular complexity index is 3510. The van der Waals surface area contributed by atoms with Crippen LogP contribution in [0, 0.1) is 0 Å². The van der Waals surface area contributed by atoms with Gasteiger partial charge in [0.2, 0.25) is 0 Å². The van der Waals surface area contributed by atoms with E-state index in [0.29, 0.717) is 17.5 Å². The van der Waals surface area contributed by atoms with E-state index in [2.05, 4.69) is 91.0 Å². The van der Waals surface area contributed by atoms with Gasteiger partial charge >= 0.3 is 0 Å². The van der Waals surface area contributed by atoms with Gasteiger partial charge in [-0.05, 0) is 52.7 Å². The van der Waals surface area contributed by atoms with Gasteiger partial charge in [-0.15, -0.1) is 11.3 Å². The Labute approximate surface area is 317 Å². The van der Waals surface area contributed by atoms with Crippen LogP contribution in [0.5, 0.6) is 0 Å². The molecule has 0 amide bonds. The number of furan rings is 2. The molecule has 0 aliphatic heterocycles. The molecule has 5 heterocycles. The molecule has 0 radical (unpaired) electrons. The monoisotopic (exact) mass is 722 g/mol. The van der Waals surface area contributed by atoms with E-state index < -0.39 is 0 Å². The summed E-state index contributed by atoms with van der Waals surface area (Å²) in [5.74, 6) is 1.79. The Morgan fingerprint density at radius 3 is 1.95 bits per heavy atom. The Morgan fingerprint density at radius 1 is 0.418 bits per heavy atom. The van der Waals surface area contributed by atoms with Crippen molar-refractivity contribution in [3.63, 3.8) is 0 Å². The molecule has 7 heteroatoms. The molecular formula is C48H26N4O2S. The van der Waals surface area contributed by atoms with Gasteiger partial charge < -0.3 is 8.83 Å². The van der Waals surface area contributed by atoms with E-state index in [9.17, 15) is 0 Å². The molecule has 55 heavy (non-hydrogen) atoms. The van der Waals surface area contributed by atoms with Crippen LogP contribution in [0.3, 0.4) is 0 Å². The summed E-state index contributed by atoms with van der Waals surface area (Å²) < 4.78 is 15.6. The van der Waals surface area contributed by atoms with Gasteiger partial charge in [-0.2, -0.15) is 0 Å². The van der Waals surface area contributed by atoms with E-state index in [4.69, 9.17) is 28.8 Å². The fourth-order valence-electron chi connectivity index (χ4n) is 8.11. The first-order valence-electron chi connectivity index (χ1n) is 18.1. The van der Waals surface area contributed by atoms with Crippen LogP contribution >= 0.6 is 11.3 Å². The van der Waals surface area contributed by atoms with Crippen molar-refractivity contribution in [1.82, 2.24) is 19.9 Å². The third-order valence-corrected chi connectivity index (χ3v) is 11.8. The number of hydrogen-bond acceptors (Lipinski definition) is 7. The van der Waals surface area contributed by atoms with E-state index in [1.165, 1.54) is 15.5 Å². The number of nitrogens with zero attached hydrogens (tertiary/aromatic N) is 4. The van der Waals surface area contributed by atoms with Gasteiger partial charge in [0.1, 0.15) is 22.3 Å². The predicted molar refractivity (Wildman–Crippen MR) is 224 cm³/mol. The Kier molecular flexibility index (Phi) is 6.40. The summed E-state index contributed by atoms with van der Waals surface area (Å²) in [7, 11) is 0. The molecule has 0 spiro atoms. The molecule has 0 unspecified atom stereocenters.